The van der Waals surface area contributed by atoms with Crippen molar-refractivity contribution in [2.75, 3.05) is 13.1 Å². The first-order chi connectivity index (χ1) is 8.79. The second-order valence-electron chi connectivity index (χ2n) is 5.01. The van der Waals surface area contributed by atoms with E-state index >= 15 is 0 Å². The highest BCUT2D eigenvalue weighted by molar-refractivity contribution is 5.78. The lowest BCUT2D eigenvalue weighted by atomic mass is 9.81. The fraction of sp³-hybridized carbons (Fsp3) is 0.692. The highest BCUT2D eigenvalue weighted by Crippen LogP contribution is 2.27. The van der Waals surface area contributed by atoms with Crippen LogP contribution in [0.2, 0.25) is 0 Å². The second-order valence-corrected chi connectivity index (χ2v) is 5.01. The summed E-state index contributed by atoms with van der Waals surface area (Å²) in [5.41, 5.74) is 5.65. The van der Waals surface area contributed by atoms with Gasteiger partial charge in [0.1, 0.15) is 0 Å². The third-order valence-electron chi connectivity index (χ3n) is 3.75. The minimum Gasteiger partial charge on any atom is -0.354 e. The molecule has 0 bridgehead atoms. The maximum atomic E-state index is 11.9. The molecule has 1 aromatic heterocycles. The van der Waals surface area contributed by atoms with Gasteiger partial charge in [-0.15, -0.1) is 0 Å². The zero-order chi connectivity index (χ0) is 12.8. The summed E-state index contributed by atoms with van der Waals surface area (Å²) in [5, 5.41) is 7.09. The number of aromatic nitrogens is 2. The van der Waals surface area contributed by atoms with Crippen molar-refractivity contribution in [3.63, 3.8) is 0 Å². The number of carbonyl (C=O) groups is 1. The maximum absolute atomic E-state index is 11.9. The molecule has 5 nitrogen and oxygen atoms in total. The number of nitrogens with zero attached hydrogens (tertiary/aromatic N) is 2. The lowest BCUT2D eigenvalue weighted by molar-refractivity contribution is -0.126. The van der Waals surface area contributed by atoms with Gasteiger partial charge in [-0.05, 0) is 44.2 Å². The smallest absolute Gasteiger partial charge is 0.223 e. The van der Waals surface area contributed by atoms with E-state index < -0.39 is 0 Å². The van der Waals surface area contributed by atoms with Crippen molar-refractivity contribution >= 4 is 5.91 Å². The highest BCUT2D eigenvalue weighted by atomic mass is 16.1. The second kappa shape index (κ2) is 6.54. The molecule has 1 heterocycles. The van der Waals surface area contributed by atoms with E-state index in [0.717, 1.165) is 38.8 Å². The van der Waals surface area contributed by atoms with Crippen LogP contribution in [0.4, 0.5) is 0 Å². The predicted molar refractivity (Wildman–Crippen MR) is 69.7 cm³/mol. The SMILES string of the molecule is NCC1CCC(C(=O)NCCn2cccn2)CC1. The largest absolute Gasteiger partial charge is 0.354 e. The lowest BCUT2D eigenvalue weighted by Gasteiger charge is -2.26. The number of hydrogen-bond acceptors (Lipinski definition) is 3. The van der Waals surface area contributed by atoms with Crippen LogP contribution < -0.4 is 11.1 Å². The van der Waals surface area contributed by atoms with Gasteiger partial charge < -0.3 is 11.1 Å². The fourth-order valence-electron chi connectivity index (χ4n) is 2.53. The van der Waals surface area contributed by atoms with E-state index in [9.17, 15) is 4.79 Å². The molecule has 1 aromatic rings. The first-order valence-corrected chi connectivity index (χ1v) is 6.75. The number of carbonyl (C=O) groups excluding carboxylic acids is 1. The molecular weight excluding hydrogens is 228 g/mol. The molecule has 2 rings (SSSR count). The minimum atomic E-state index is 0.186. The molecule has 0 spiro atoms. The zero-order valence-corrected chi connectivity index (χ0v) is 10.7. The Hall–Kier alpha value is -1.36. The van der Waals surface area contributed by atoms with Gasteiger partial charge in [0.15, 0.2) is 0 Å². The molecule has 0 unspecified atom stereocenters. The van der Waals surface area contributed by atoms with Crippen LogP contribution in [0.3, 0.4) is 0 Å². The van der Waals surface area contributed by atoms with E-state index in [-0.39, 0.29) is 11.8 Å². The molecule has 3 N–H and O–H groups in total. The average Bonchev–Trinajstić information content (AvgIpc) is 2.92. The Balaban J connectivity index is 1.66. The monoisotopic (exact) mass is 250 g/mol. The molecule has 1 fully saturated rings. The van der Waals surface area contributed by atoms with Crippen LogP contribution in [0.25, 0.3) is 0 Å². The molecule has 1 saturated carbocycles. The molecule has 100 valence electrons. The summed E-state index contributed by atoms with van der Waals surface area (Å²) in [7, 11) is 0. The Kier molecular flexibility index (Phi) is 4.75. The van der Waals surface area contributed by atoms with Crippen LogP contribution in [-0.4, -0.2) is 28.8 Å². The van der Waals surface area contributed by atoms with E-state index in [0.29, 0.717) is 12.5 Å². The molecular formula is C13H22N4O. The third kappa shape index (κ3) is 3.57. The molecule has 0 radical (unpaired) electrons. The Morgan fingerprint density at radius 1 is 1.39 bits per heavy atom. The van der Waals surface area contributed by atoms with Gasteiger partial charge >= 0.3 is 0 Å². The zero-order valence-electron chi connectivity index (χ0n) is 10.7. The average molecular weight is 250 g/mol. The van der Waals surface area contributed by atoms with Crippen molar-refractivity contribution < 1.29 is 4.79 Å². The standard InChI is InChI=1S/C13H22N4O/c14-10-11-2-4-12(5-3-11)13(18)15-7-9-17-8-1-6-16-17/h1,6,8,11-12H,2-5,7,9-10,14H2,(H,15,18). The van der Waals surface area contributed by atoms with Gasteiger partial charge in [-0.2, -0.15) is 5.10 Å². The van der Waals surface area contributed by atoms with Gasteiger partial charge in [0.25, 0.3) is 0 Å². The number of nitrogens with one attached hydrogen (secondary N) is 1. The normalized spacial score (nSPS) is 23.8. The summed E-state index contributed by atoms with van der Waals surface area (Å²) in [6, 6.07) is 1.88. The molecule has 0 aliphatic heterocycles. The van der Waals surface area contributed by atoms with Gasteiger partial charge in [0.2, 0.25) is 5.91 Å². The lowest BCUT2D eigenvalue weighted by Crippen LogP contribution is -2.35. The number of amides is 1. The number of rotatable bonds is 5. The van der Waals surface area contributed by atoms with Crippen LogP contribution >= 0.6 is 0 Å². The molecule has 18 heavy (non-hydrogen) atoms. The molecule has 1 aliphatic rings. The Morgan fingerprint density at radius 2 is 2.17 bits per heavy atom. The quantitative estimate of drug-likeness (QED) is 0.810. The van der Waals surface area contributed by atoms with Crippen LogP contribution in [0.1, 0.15) is 25.7 Å². The molecule has 0 atom stereocenters. The molecule has 1 aliphatic carbocycles. The van der Waals surface area contributed by atoms with E-state index in [2.05, 4.69) is 10.4 Å². The van der Waals surface area contributed by atoms with Crippen LogP contribution in [0, 0.1) is 11.8 Å². The predicted octanol–water partition coefficient (Wildman–Crippen LogP) is 0.764. The van der Waals surface area contributed by atoms with Crippen molar-refractivity contribution in [3.8, 4) is 0 Å². The first kappa shape index (κ1) is 13.1. The Bertz CT molecular complexity index is 355. The van der Waals surface area contributed by atoms with E-state index in [1.807, 2.05) is 16.9 Å². The van der Waals surface area contributed by atoms with Crippen molar-refractivity contribution in [3.05, 3.63) is 18.5 Å². The maximum Gasteiger partial charge on any atom is 0.223 e. The molecule has 5 heteroatoms. The topological polar surface area (TPSA) is 72.9 Å². The van der Waals surface area contributed by atoms with Gasteiger partial charge in [0.05, 0.1) is 6.54 Å². The summed E-state index contributed by atoms with van der Waals surface area (Å²) in [6.07, 6.45) is 7.79. The molecule has 0 saturated heterocycles. The number of hydrogen-bond donors (Lipinski definition) is 2. The highest BCUT2D eigenvalue weighted by Gasteiger charge is 2.25. The fourth-order valence-corrected chi connectivity index (χ4v) is 2.53. The first-order valence-electron chi connectivity index (χ1n) is 6.75. The van der Waals surface area contributed by atoms with Crippen molar-refractivity contribution in [2.45, 2.75) is 32.2 Å². The Morgan fingerprint density at radius 3 is 2.78 bits per heavy atom. The van der Waals surface area contributed by atoms with Crippen LogP contribution in [0.5, 0.6) is 0 Å². The van der Waals surface area contributed by atoms with E-state index in [1.165, 1.54) is 0 Å². The van der Waals surface area contributed by atoms with Crippen LogP contribution in [-0.2, 0) is 11.3 Å². The summed E-state index contributed by atoms with van der Waals surface area (Å²) < 4.78 is 1.83. The molecule has 0 aromatic carbocycles. The van der Waals surface area contributed by atoms with Crippen LogP contribution in [0.15, 0.2) is 18.5 Å². The van der Waals surface area contributed by atoms with E-state index in [4.69, 9.17) is 5.73 Å². The van der Waals surface area contributed by atoms with Gasteiger partial charge in [-0.3, -0.25) is 9.48 Å². The van der Waals surface area contributed by atoms with Gasteiger partial charge in [-0.1, -0.05) is 0 Å². The third-order valence-corrected chi connectivity index (χ3v) is 3.75. The number of nitrogens with two attached hydrogens (primary N) is 1. The minimum absolute atomic E-state index is 0.186. The summed E-state index contributed by atoms with van der Waals surface area (Å²) in [6.45, 7) is 2.14. The van der Waals surface area contributed by atoms with Crippen molar-refractivity contribution in [1.82, 2.24) is 15.1 Å². The van der Waals surface area contributed by atoms with Crippen molar-refractivity contribution in [2.24, 2.45) is 17.6 Å². The summed E-state index contributed by atoms with van der Waals surface area (Å²) in [4.78, 5) is 11.9. The summed E-state index contributed by atoms with van der Waals surface area (Å²) >= 11 is 0. The molecule has 1 amide bonds. The van der Waals surface area contributed by atoms with Gasteiger partial charge in [-0.25, -0.2) is 0 Å². The van der Waals surface area contributed by atoms with Crippen molar-refractivity contribution in [1.29, 1.82) is 0 Å². The van der Waals surface area contributed by atoms with Gasteiger partial charge in [0, 0.05) is 24.9 Å². The van der Waals surface area contributed by atoms with E-state index in [1.54, 1.807) is 6.20 Å². The summed E-state index contributed by atoms with van der Waals surface area (Å²) in [5.74, 6) is 1.00. The Labute approximate surface area is 108 Å².